The fourth-order valence-electron chi connectivity index (χ4n) is 2.13. The lowest BCUT2D eigenvalue weighted by molar-refractivity contribution is -0.0601. The molecule has 110 valence electrons. The fraction of sp³-hybridized carbons (Fsp3) is 0.615. The number of hydrogen-bond donors (Lipinski definition) is 1. The van der Waals surface area contributed by atoms with Crippen LogP contribution in [0.3, 0.4) is 0 Å². The quantitative estimate of drug-likeness (QED) is 0.640. The third-order valence-corrected chi connectivity index (χ3v) is 4.70. The molecule has 1 saturated carbocycles. The molecule has 1 aromatic rings. The van der Waals surface area contributed by atoms with Crippen molar-refractivity contribution in [2.75, 3.05) is 26.1 Å². The van der Waals surface area contributed by atoms with Gasteiger partial charge in [0.25, 0.3) is 0 Å². The number of esters is 1. The Bertz CT molecular complexity index is 517. The molecule has 0 radical (unpaired) electrons. The number of Topliss-reactive ketones (excluding diaryl/α,β-unsaturated/α-hetero) is 1. The Morgan fingerprint density at radius 3 is 2.55 bits per heavy atom. The first-order valence-electron chi connectivity index (χ1n) is 6.40. The number of anilines is 1. The van der Waals surface area contributed by atoms with Gasteiger partial charge in [0.15, 0.2) is 16.6 Å². The molecule has 0 aromatic carbocycles. The van der Waals surface area contributed by atoms with Crippen molar-refractivity contribution in [1.29, 1.82) is 0 Å². The van der Waals surface area contributed by atoms with Crippen LogP contribution < -0.4 is 5.32 Å². The first-order chi connectivity index (χ1) is 9.51. The zero-order valence-electron chi connectivity index (χ0n) is 11.8. The third kappa shape index (κ3) is 2.83. The van der Waals surface area contributed by atoms with Gasteiger partial charge in [-0.25, -0.2) is 9.78 Å². The van der Waals surface area contributed by atoms with E-state index in [2.05, 4.69) is 15.0 Å². The number of carbonyl (C=O) groups excluding carboxylic acids is 2. The standard InChI is InChI=1S/C13H18N2O4S/c1-8(16)10-9(11(17)18-2)15-12(20-10)14-7-13(19-3)5-4-6-13/h4-7H2,1-3H3,(H,14,15). The molecule has 1 heterocycles. The Labute approximate surface area is 121 Å². The van der Waals surface area contributed by atoms with Crippen LogP contribution in [-0.2, 0) is 9.47 Å². The van der Waals surface area contributed by atoms with Gasteiger partial charge in [-0.15, -0.1) is 0 Å². The number of nitrogens with zero attached hydrogens (tertiary/aromatic N) is 1. The number of nitrogens with one attached hydrogen (secondary N) is 1. The predicted molar refractivity (Wildman–Crippen MR) is 75.5 cm³/mol. The van der Waals surface area contributed by atoms with Gasteiger partial charge in [-0.1, -0.05) is 11.3 Å². The minimum Gasteiger partial charge on any atom is -0.464 e. The van der Waals surface area contributed by atoms with Crippen LogP contribution in [0.5, 0.6) is 0 Å². The number of thiazole rings is 1. The maximum atomic E-state index is 11.6. The molecule has 0 unspecified atom stereocenters. The predicted octanol–water partition coefficient (Wildman–Crippen LogP) is 2.11. The van der Waals surface area contributed by atoms with Gasteiger partial charge < -0.3 is 14.8 Å². The summed E-state index contributed by atoms with van der Waals surface area (Å²) < 4.78 is 10.1. The largest absolute Gasteiger partial charge is 0.464 e. The molecule has 1 fully saturated rings. The Morgan fingerprint density at radius 2 is 2.10 bits per heavy atom. The molecule has 0 aliphatic heterocycles. The van der Waals surface area contributed by atoms with Crippen molar-refractivity contribution in [3.8, 4) is 0 Å². The molecule has 7 heteroatoms. The van der Waals surface area contributed by atoms with E-state index in [1.165, 1.54) is 25.4 Å². The number of hydrogen-bond acceptors (Lipinski definition) is 7. The second kappa shape index (κ2) is 5.88. The number of ether oxygens (including phenoxy) is 2. The number of ketones is 1. The summed E-state index contributed by atoms with van der Waals surface area (Å²) in [6.07, 6.45) is 3.16. The maximum Gasteiger partial charge on any atom is 0.358 e. The summed E-state index contributed by atoms with van der Waals surface area (Å²) in [6.45, 7) is 2.03. The summed E-state index contributed by atoms with van der Waals surface area (Å²) in [7, 11) is 2.97. The second-order valence-electron chi connectivity index (χ2n) is 4.84. The van der Waals surface area contributed by atoms with Crippen molar-refractivity contribution in [2.45, 2.75) is 31.8 Å². The number of carbonyl (C=O) groups is 2. The Morgan fingerprint density at radius 1 is 1.40 bits per heavy atom. The van der Waals surface area contributed by atoms with Gasteiger partial charge in [0.2, 0.25) is 0 Å². The molecule has 20 heavy (non-hydrogen) atoms. The van der Waals surface area contributed by atoms with E-state index in [0.717, 1.165) is 19.3 Å². The van der Waals surface area contributed by atoms with Crippen LogP contribution in [0.1, 0.15) is 46.3 Å². The summed E-state index contributed by atoms with van der Waals surface area (Å²) in [5.74, 6) is -0.786. The lowest BCUT2D eigenvalue weighted by Gasteiger charge is -2.40. The second-order valence-corrected chi connectivity index (χ2v) is 5.84. The van der Waals surface area contributed by atoms with Crippen LogP contribution >= 0.6 is 11.3 Å². The molecule has 0 amide bonds. The van der Waals surface area contributed by atoms with E-state index in [1.54, 1.807) is 7.11 Å². The highest BCUT2D eigenvalue weighted by Gasteiger charge is 2.37. The minimum absolute atomic E-state index is 0.0765. The highest BCUT2D eigenvalue weighted by atomic mass is 32.1. The van der Waals surface area contributed by atoms with Crippen molar-refractivity contribution in [2.24, 2.45) is 0 Å². The SMILES string of the molecule is COC(=O)c1nc(NCC2(OC)CCC2)sc1C(C)=O. The highest BCUT2D eigenvalue weighted by Crippen LogP contribution is 2.35. The van der Waals surface area contributed by atoms with Crippen LogP contribution in [0.4, 0.5) is 5.13 Å². The van der Waals surface area contributed by atoms with Crippen LogP contribution in [0.15, 0.2) is 0 Å². The summed E-state index contributed by atoms with van der Waals surface area (Å²) in [5, 5.41) is 3.70. The first-order valence-corrected chi connectivity index (χ1v) is 7.22. The van der Waals surface area contributed by atoms with E-state index in [1.807, 2.05) is 0 Å². The molecule has 1 aromatic heterocycles. The van der Waals surface area contributed by atoms with Gasteiger partial charge in [0, 0.05) is 20.6 Å². The van der Waals surface area contributed by atoms with Crippen molar-refractivity contribution in [3.05, 3.63) is 10.6 Å². The van der Waals surface area contributed by atoms with Gasteiger partial charge in [-0.2, -0.15) is 0 Å². The van der Waals surface area contributed by atoms with E-state index in [0.29, 0.717) is 16.6 Å². The average molecular weight is 298 g/mol. The van der Waals surface area contributed by atoms with E-state index in [4.69, 9.17) is 4.74 Å². The van der Waals surface area contributed by atoms with Crippen molar-refractivity contribution < 1.29 is 19.1 Å². The van der Waals surface area contributed by atoms with Crippen molar-refractivity contribution in [3.63, 3.8) is 0 Å². The zero-order valence-corrected chi connectivity index (χ0v) is 12.6. The van der Waals surface area contributed by atoms with Gasteiger partial charge in [-0.05, 0) is 19.3 Å². The molecule has 6 nitrogen and oxygen atoms in total. The molecule has 1 aliphatic rings. The lowest BCUT2D eigenvalue weighted by Crippen LogP contribution is -2.45. The zero-order chi connectivity index (χ0) is 14.8. The molecule has 0 spiro atoms. The van der Waals surface area contributed by atoms with Gasteiger partial charge in [0.05, 0.1) is 12.7 Å². The topological polar surface area (TPSA) is 77.5 Å². The molecule has 0 bridgehead atoms. The first kappa shape index (κ1) is 14.9. The summed E-state index contributed by atoms with van der Waals surface area (Å²) in [6, 6.07) is 0. The fourth-order valence-corrected chi connectivity index (χ4v) is 2.97. The van der Waals surface area contributed by atoms with Gasteiger partial charge in [-0.3, -0.25) is 4.79 Å². The minimum atomic E-state index is -0.593. The Kier molecular flexibility index (Phi) is 4.39. The van der Waals surface area contributed by atoms with Gasteiger partial charge in [0.1, 0.15) is 4.88 Å². The molecule has 1 N–H and O–H groups in total. The molecular weight excluding hydrogens is 280 g/mol. The van der Waals surface area contributed by atoms with E-state index < -0.39 is 5.97 Å². The summed E-state index contributed by atoms with van der Waals surface area (Å²) in [4.78, 5) is 27.6. The average Bonchev–Trinajstić information content (AvgIpc) is 2.81. The highest BCUT2D eigenvalue weighted by molar-refractivity contribution is 7.17. The Balaban J connectivity index is 2.12. The van der Waals surface area contributed by atoms with Gasteiger partial charge >= 0.3 is 5.97 Å². The van der Waals surface area contributed by atoms with E-state index in [-0.39, 0.29) is 17.1 Å². The summed E-state index contributed by atoms with van der Waals surface area (Å²) in [5.41, 5.74) is -0.0689. The molecule has 1 aliphatic carbocycles. The molecule has 0 atom stereocenters. The van der Waals surface area contributed by atoms with E-state index >= 15 is 0 Å². The monoisotopic (exact) mass is 298 g/mol. The van der Waals surface area contributed by atoms with E-state index in [9.17, 15) is 9.59 Å². The van der Waals surface area contributed by atoms with Crippen molar-refractivity contribution in [1.82, 2.24) is 4.98 Å². The van der Waals surface area contributed by atoms with Crippen LogP contribution in [-0.4, -0.2) is 43.1 Å². The van der Waals surface area contributed by atoms with Crippen LogP contribution in [0.25, 0.3) is 0 Å². The number of methoxy groups -OCH3 is 2. The molecular formula is C13H18N2O4S. The Hall–Kier alpha value is -1.47. The summed E-state index contributed by atoms with van der Waals surface area (Å²) >= 11 is 1.17. The number of rotatable bonds is 6. The maximum absolute atomic E-state index is 11.6. The molecule has 2 rings (SSSR count). The molecule has 0 saturated heterocycles. The normalized spacial score (nSPS) is 16.4. The van der Waals surface area contributed by atoms with Crippen LogP contribution in [0.2, 0.25) is 0 Å². The third-order valence-electron chi connectivity index (χ3n) is 3.59. The van der Waals surface area contributed by atoms with Crippen LogP contribution in [0, 0.1) is 0 Å². The van der Waals surface area contributed by atoms with Crippen molar-refractivity contribution >= 4 is 28.2 Å². The smallest absolute Gasteiger partial charge is 0.358 e. The number of aromatic nitrogens is 1. The lowest BCUT2D eigenvalue weighted by atomic mass is 9.80.